The summed E-state index contributed by atoms with van der Waals surface area (Å²) in [5, 5.41) is 0. The van der Waals surface area contributed by atoms with Crippen LogP contribution in [0.15, 0.2) is 47.6 Å². The van der Waals surface area contributed by atoms with Gasteiger partial charge < -0.3 is 5.73 Å². The fraction of sp³-hybridized carbons (Fsp3) is 0.214. The first-order valence-corrected chi connectivity index (χ1v) is 6.63. The van der Waals surface area contributed by atoms with Crippen LogP contribution in [0.5, 0.6) is 0 Å². The summed E-state index contributed by atoms with van der Waals surface area (Å²) in [6, 6.07) is 10.3. The molecule has 0 aliphatic rings. The van der Waals surface area contributed by atoms with Crippen LogP contribution in [0.3, 0.4) is 0 Å². The van der Waals surface area contributed by atoms with Crippen molar-refractivity contribution >= 4 is 17.4 Å². The van der Waals surface area contributed by atoms with Gasteiger partial charge in [0.05, 0.1) is 0 Å². The molecule has 1 aromatic carbocycles. The number of pyridine rings is 1. The van der Waals surface area contributed by atoms with E-state index in [9.17, 15) is 0 Å². The second-order valence-corrected chi connectivity index (χ2v) is 5.08. The molecule has 0 bridgehead atoms. The SMILES string of the molecule is Cc1cccc(SCCc2ccncc2)c1N. The molecule has 0 atom stereocenters. The third-order valence-corrected chi connectivity index (χ3v) is 3.76. The zero-order chi connectivity index (χ0) is 12.1. The molecule has 0 aliphatic carbocycles. The quantitative estimate of drug-likeness (QED) is 0.662. The molecular weight excluding hydrogens is 228 g/mol. The average molecular weight is 244 g/mol. The second kappa shape index (κ2) is 5.73. The molecular formula is C14H16N2S. The second-order valence-electron chi connectivity index (χ2n) is 3.94. The Bertz CT molecular complexity index is 483. The van der Waals surface area contributed by atoms with E-state index in [0.29, 0.717) is 0 Å². The smallest absolute Gasteiger partial charge is 0.0481 e. The number of aryl methyl sites for hydroxylation is 2. The maximum atomic E-state index is 6.03. The molecule has 2 aromatic rings. The van der Waals surface area contributed by atoms with Gasteiger partial charge in [-0.3, -0.25) is 4.98 Å². The van der Waals surface area contributed by atoms with E-state index in [1.165, 1.54) is 10.5 Å². The van der Waals surface area contributed by atoms with Crippen LogP contribution < -0.4 is 5.73 Å². The van der Waals surface area contributed by atoms with E-state index in [1.807, 2.05) is 37.1 Å². The van der Waals surface area contributed by atoms with Gasteiger partial charge in [-0.15, -0.1) is 11.8 Å². The number of hydrogen-bond acceptors (Lipinski definition) is 3. The Hall–Kier alpha value is -1.48. The van der Waals surface area contributed by atoms with Crippen LogP contribution in [0.1, 0.15) is 11.1 Å². The minimum absolute atomic E-state index is 0.909. The van der Waals surface area contributed by atoms with E-state index in [-0.39, 0.29) is 0 Å². The highest BCUT2D eigenvalue weighted by atomic mass is 32.2. The largest absolute Gasteiger partial charge is 0.398 e. The topological polar surface area (TPSA) is 38.9 Å². The van der Waals surface area contributed by atoms with Gasteiger partial charge in [0.15, 0.2) is 0 Å². The zero-order valence-electron chi connectivity index (χ0n) is 9.89. The lowest BCUT2D eigenvalue weighted by molar-refractivity contribution is 1.13. The van der Waals surface area contributed by atoms with Crippen molar-refractivity contribution in [3.8, 4) is 0 Å². The van der Waals surface area contributed by atoms with Gasteiger partial charge in [0.2, 0.25) is 0 Å². The summed E-state index contributed by atoms with van der Waals surface area (Å²) < 4.78 is 0. The number of anilines is 1. The minimum Gasteiger partial charge on any atom is -0.398 e. The van der Waals surface area contributed by atoms with Crippen molar-refractivity contribution in [2.24, 2.45) is 0 Å². The fourth-order valence-corrected chi connectivity index (χ4v) is 2.66. The molecule has 2 rings (SSSR count). The van der Waals surface area contributed by atoms with Crippen molar-refractivity contribution < 1.29 is 0 Å². The standard InChI is InChI=1S/C14H16N2S/c1-11-3-2-4-13(14(11)15)17-10-7-12-5-8-16-9-6-12/h2-6,8-9H,7,10,15H2,1H3. The first kappa shape index (κ1) is 12.0. The van der Waals surface area contributed by atoms with Crippen molar-refractivity contribution in [2.75, 3.05) is 11.5 Å². The highest BCUT2D eigenvalue weighted by molar-refractivity contribution is 7.99. The van der Waals surface area contributed by atoms with Crippen LogP contribution in [-0.4, -0.2) is 10.7 Å². The summed E-state index contributed by atoms with van der Waals surface area (Å²) in [5.41, 5.74) is 9.41. The number of benzene rings is 1. The van der Waals surface area contributed by atoms with Gasteiger partial charge in [-0.1, -0.05) is 12.1 Å². The lowest BCUT2D eigenvalue weighted by Gasteiger charge is -2.07. The number of aromatic nitrogens is 1. The van der Waals surface area contributed by atoms with Gasteiger partial charge in [0, 0.05) is 28.7 Å². The number of hydrogen-bond donors (Lipinski definition) is 1. The molecule has 1 aromatic heterocycles. The molecule has 2 nitrogen and oxygen atoms in total. The van der Waals surface area contributed by atoms with Crippen molar-refractivity contribution in [1.82, 2.24) is 4.98 Å². The Kier molecular flexibility index (Phi) is 4.04. The van der Waals surface area contributed by atoms with Crippen LogP contribution in [0.4, 0.5) is 5.69 Å². The van der Waals surface area contributed by atoms with Crippen molar-refractivity contribution in [3.63, 3.8) is 0 Å². The monoisotopic (exact) mass is 244 g/mol. The number of nitrogen functional groups attached to an aromatic ring is 1. The van der Waals surface area contributed by atoms with Crippen LogP contribution in [0.2, 0.25) is 0 Å². The van der Waals surface area contributed by atoms with E-state index < -0.39 is 0 Å². The van der Waals surface area contributed by atoms with Gasteiger partial charge in [-0.25, -0.2) is 0 Å². The summed E-state index contributed by atoms with van der Waals surface area (Å²) in [7, 11) is 0. The lowest BCUT2D eigenvalue weighted by atomic mass is 10.2. The highest BCUT2D eigenvalue weighted by Crippen LogP contribution is 2.27. The summed E-state index contributed by atoms with van der Waals surface area (Å²) in [6.45, 7) is 2.04. The summed E-state index contributed by atoms with van der Waals surface area (Å²) >= 11 is 1.81. The normalized spacial score (nSPS) is 10.4. The number of rotatable bonds is 4. The van der Waals surface area contributed by atoms with Gasteiger partial charge in [0.1, 0.15) is 0 Å². The molecule has 0 saturated heterocycles. The van der Waals surface area contributed by atoms with Crippen molar-refractivity contribution in [2.45, 2.75) is 18.2 Å². The molecule has 0 unspecified atom stereocenters. The third kappa shape index (κ3) is 3.24. The molecule has 17 heavy (non-hydrogen) atoms. The molecule has 0 fully saturated rings. The first-order chi connectivity index (χ1) is 8.27. The molecule has 0 spiro atoms. The van der Waals surface area contributed by atoms with E-state index in [4.69, 9.17) is 5.73 Å². The summed E-state index contributed by atoms with van der Waals surface area (Å²) in [4.78, 5) is 5.19. The molecule has 0 amide bonds. The average Bonchev–Trinajstić information content (AvgIpc) is 2.36. The molecule has 2 N–H and O–H groups in total. The van der Waals surface area contributed by atoms with E-state index in [1.54, 1.807) is 0 Å². The lowest BCUT2D eigenvalue weighted by Crippen LogP contribution is -1.94. The maximum absolute atomic E-state index is 6.03. The zero-order valence-corrected chi connectivity index (χ0v) is 10.7. The molecule has 0 radical (unpaired) electrons. The highest BCUT2D eigenvalue weighted by Gasteiger charge is 2.02. The molecule has 1 heterocycles. The molecule has 3 heteroatoms. The van der Waals surface area contributed by atoms with Crippen LogP contribution in [0, 0.1) is 6.92 Å². The first-order valence-electron chi connectivity index (χ1n) is 5.64. The Morgan fingerprint density at radius 3 is 2.71 bits per heavy atom. The molecule has 88 valence electrons. The Morgan fingerprint density at radius 1 is 1.18 bits per heavy atom. The third-order valence-electron chi connectivity index (χ3n) is 2.68. The van der Waals surface area contributed by atoms with Crippen LogP contribution in [-0.2, 0) is 6.42 Å². The summed E-state index contributed by atoms with van der Waals surface area (Å²) in [6.07, 6.45) is 4.71. The number of para-hydroxylation sites is 1. The van der Waals surface area contributed by atoms with Crippen LogP contribution >= 0.6 is 11.8 Å². The Morgan fingerprint density at radius 2 is 1.94 bits per heavy atom. The van der Waals surface area contributed by atoms with E-state index in [2.05, 4.69) is 29.2 Å². The van der Waals surface area contributed by atoms with E-state index >= 15 is 0 Å². The van der Waals surface area contributed by atoms with Crippen molar-refractivity contribution in [1.29, 1.82) is 0 Å². The minimum atomic E-state index is 0.909. The van der Waals surface area contributed by atoms with Gasteiger partial charge in [-0.05, 0) is 42.7 Å². The predicted molar refractivity (Wildman–Crippen MR) is 74.3 cm³/mol. The molecule has 0 aliphatic heterocycles. The van der Waals surface area contributed by atoms with Gasteiger partial charge in [-0.2, -0.15) is 0 Å². The number of nitrogens with zero attached hydrogens (tertiary/aromatic N) is 1. The summed E-state index contributed by atoms with van der Waals surface area (Å²) in [5.74, 6) is 1.04. The van der Waals surface area contributed by atoms with Gasteiger partial charge >= 0.3 is 0 Å². The predicted octanol–water partition coefficient (Wildman–Crippen LogP) is 3.31. The fourth-order valence-electron chi connectivity index (χ4n) is 1.61. The number of thioether (sulfide) groups is 1. The molecule has 0 saturated carbocycles. The Labute approximate surface area is 106 Å². The Balaban J connectivity index is 1.93. The number of nitrogens with two attached hydrogens (primary N) is 1. The van der Waals surface area contributed by atoms with Gasteiger partial charge in [0.25, 0.3) is 0 Å². The van der Waals surface area contributed by atoms with Crippen LogP contribution in [0.25, 0.3) is 0 Å². The van der Waals surface area contributed by atoms with E-state index in [0.717, 1.165) is 23.4 Å². The maximum Gasteiger partial charge on any atom is 0.0481 e. The van der Waals surface area contributed by atoms with Crippen molar-refractivity contribution in [3.05, 3.63) is 53.9 Å².